The first-order valence-corrected chi connectivity index (χ1v) is 12.2. The number of amides is 2. The van der Waals surface area contributed by atoms with Crippen molar-refractivity contribution in [3.05, 3.63) is 11.5 Å². The highest BCUT2D eigenvalue weighted by Crippen LogP contribution is 2.31. The van der Waals surface area contributed by atoms with Crippen LogP contribution in [0.5, 0.6) is 0 Å². The van der Waals surface area contributed by atoms with Crippen molar-refractivity contribution in [2.75, 3.05) is 32.7 Å². The average Bonchev–Trinajstić information content (AvgIpc) is 3.38. The van der Waals surface area contributed by atoms with Crippen LogP contribution >= 0.6 is 0 Å². The van der Waals surface area contributed by atoms with Crippen molar-refractivity contribution in [2.45, 2.75) is 63.3 Å². The van der Waals surface area contributed by atoms with Gasteiger partial charge in [0, 0.05) is 45.2 Å². The molecule has 10 heteroatoms. The van der Waals surface area contributed by atoms with Gasteiger partial charge in [-0.2, -0.15) is 4.31 Å². The minimum atomic E-state index is -3.72. The molecule has 1 saturated carbocycles. The fourth-order valence-corrected chi connectivity index (χ4v) is 6.81. The summed E-state index contributed by atoms with van der Waals surface area (Å²) in [6, 6.07) is 0.287. The largest absolute Gasteiger partial charge is 0.360 e. The Morgan fingerprint density at radius 3 is 2.47 bits per heavy atom. The first-order chi connectivity index (χ1) is 14.3. The third kappa shape index (κ3) is 3.87. The van der Waals surface area contributed by atoms with E-state index in [4.69, 9.17) is 4.52 Å². The van der Waals surface area contributed by atoms with Gasteiger partial charge in [-0.05, 0) is 33.1 Å². The van der Waals surface area contributed by atoms with Crippen LogP contribution in [0.1, 0.15) is 50.0 Å². The molecule has 4 rings (SSSR count). The van der Waals surface area contributed by atoms with Crippen LogP contribution in [0.2, 0.25) is 0 Å². The third-order valence-electron chi connectivity index (χ3n) is 6.61. The van der Waals surface area contributed by atoms with Crippen LogP contribution in [0.4, 0.5) is 0 Å². The maximum atomic E-state index is 13.1. The van der Waals surface area contributed by atoms with Gasteiger partial charge in [0.15, 0.2) is 5.76 Å². The number of sulfonamides is 1. The molecular formula is C20H30N4O5S. The average molecular weight is 439 g/mol. The molecule has 1 atom stereocenters. The molecule has 3 fully saturated rings. The number of aromatic nitrogens is 1. The summed E-state index contributed by atoms with van der Waals surface area (Å²) in [7, 11) is -3.72. The highest BCUT2D eigenvalue weighted by atomic mass is 32.2. The molecular weight excluding hydrogens is 408 g/mol. The quantitative estimate of drug-likeness (QED) is 0.702. The normalized spacial score (nSPS) is 24.6. The molecule has 1 aromatic rings. The second kappa shape index (κ2) is 8.30. The first-order valence-electron chi connectivity index (χ1n) is 10.8. The molecule has 2 aliphatic heterocycles. The summed E-state index contributed by atoms with van der Waals surface area (Å²) in [5.74, 6) is 0.0167. The number of hydrogen-bond acceptors (Lipinski definition) is 6. The zero-order valence-corrected chi connectivity index (χ0v) is 18.5. The summed E-state index contributed by atoms with van der Waals surface area (Å²) >= 11 is 0. The lowest BCUT2D eigenvalue weighted by molar-refractivity contribution is -0.135. The highest BCUT2D eigenvalue weighted by molar-refractivity contribution is 7.89. The second-order valence-corrected chi connectivity index (χ2v) is 10.5. The van der Waals surface area contributed by atoms with Gasteiger partial charge in [0.05, 0.1) is 5.92 Å². The van der Waals surface area contributed by atoms with E-state index in [1.54, 1.807) is 18.7 Å². The van der Waals surface area contributed by atoms with E-state index in [-0.39, 0.29) is 47.4 Å². The predicted octanol–water partition coefficient (Wildman–Crippen LogP) is 1.31. The van der Waals surface area contributed by atoms with E-state index in [1.165, 1.54) is 4.31 Å². The van der Waals surface area contributed by atoms with Crippen molar-refractivity contribution < 1.29 is 22.5 Å². The monoisotopic (exact) mass is 438 g/mol. The molecule has 0 spiro atoms. The summed E-state index contributed by atoms with van der Waals surface area (Å²) < 4.78 is 32.6. The van der Waals surface area contributed by atoms with Crippen LogP contribution in [-0.4, -0.2) is 78.3 Å². The number of rotatable bonds is 4. The van der Waals surface area contributed by atoms with E-state index in [0.717, 1.165) is 25.7 Å². The maximum Gasteiger partial charge on any atom is 0.248 e. The lowest BCUT2D eigenvalue weighted by atomic mass is 10.1. The molecule has 30 heavy (non-hydrogen) atoms. The van der Waals surface area contributed by atoms with E-state index >= 15 is 0 Å². The lowest BCUT2D eigenvalue weighted by Crippen LogP contribution is -2.41. The van der Waals surface area contributed by atoms with Gasteiger partial charge in [-0.3, -0.25) is 9.59 Å². The van der Waals surface area contributed by atoms with Gasteiger partial charge in [-0.15, -0.1) is 0 Å². The number of nitrogens with zero attached hydrogens (tertiary/aromatic N) is 4. The number of hydrogen-bond donors (Lipinski definition) is 0. The van der Waals surface area contributed by atoms with Crippen LogP contribution in [0.25, 0.3) is 0 Å². The van der Waals surface area contributed by atoms with Crippen molar-refractivity contribution in [3.63, 3.8) is 0 Å². The zero-order chi connectivity index (χ0) is 21.5. The Labute approximate surface area is 177 Å². The summed E-state index contributed by atoms with van der Waals surface area (Å²) in [5, 5.41) is 3.76. The Morgan fingerprint density at radius 1 is 1.07 bits per heavy atom. The van der Waals surface area contributed by atoms with Crippen molar-refractivity contribution in [1.82, 2.24) is 19.3 Å². The topological polar surface area (TPSA) is 104 Å². The summed E-state index contributed by atoms with van der Waals surface area (Å²) in [5.41, 5.74) is 0.348. The molecule has 2 saturated heterocycles. The molecule has 0 unspecified atom stereocenters. The fourth-order valence-electron chi connectivity index (χ4n) is 5.05. The Balaban J connectivity index is 1.41. The molecule has 3 aliphatic rings. The van der Waals surface area contributed by atoms with E-state index in [0.29, 0.717) is 38.3 Å². The molecule has 0 radical (unpaired) electrons. The van der Waals surface area contributed by atoms with E-state index in [1.807, 2.05) is 4.90 Å². The van der Waals surface area contributed by atoms with Crippen LogP contribution in [0.3, 0.4) is 0 Å². The number of likely N-dealkylation sites (tertiary alicyclic amines) is 1. The van der Waals surface area contributed by atoms with E-state index in [9.17, 15) is 18.0 Å². The van der Waals surface area contributed by atoms with Gasteiger partial charge in [0.2, 0.25) is 21.8 Å². The fraction of sp³-hybridized carbons (Fsp3) is 0.750. The Kier molecular flexibility index (Phi) is 5.89. The SMILES string of the molecule is Cc1noc(C)c1S(=O)(=O)N1CCCN(C(=O)[C@@H]2CC(=O)N(C3CCCC3)C2)CC1. The van der Waals surface area contributed by atoms with Gasteiger partial charge in [0.1, 0.15) is 10.6 Å². The maximum absolute atomic E-state index is 13.1. The number of carbonyl (C=O) groups is 2. The Bertz CT molecular complexity index is 902. The first kappa shape index (κ1) is 21.3. The Hall–Kier alpha value is -1.94. The summed E-state index contributed by atoms with van der Waals surface area (Å²) in [4.78, 5) is 29.3. The molecule has 0 N–H and O–H groups in total. The number of carbonyl (C=O) groups excluding carboxylic acids is 2. The van der Waals surface area contributed by atoms with Crippen LogP contribution in [0, 0.1) is 19.8 Å². The van der Waals surface area contributed by atoms with Gasteiger partial charge in [-0.25, -0.2) is 8.42 Å². The van der Waals surface area contributed by atoms with Gasteiger partial charge < -0.3 is 14.3 Å². The van der Waals surface area contributed by atoms with Gasteiger partial charge in [-0.1, -0.05) is 18.0 Å². The summed E-state index contributed by atoms with van der Waals surface area (Å²) in [6.07, 6.45) is 5.19. The number of aryl methyl sites for hydroxylation is 2. The third-order valence-corrected chi connectivity index (χ3v) is 8.75. The molecule has 1 aliphatic carbocycles. The van der Waals surface area contributed by atoms with Crippen LogP contribution in [0.15, 0.2) is 9.42 Å². The Morgan fingerprint density at radius 2 is 1.80 bits per heavy atom. The van der Waals surface area contributed by atoms with Crippen molar-refractivity contribution in [1.29, 1.82) is 0 Å². The van der Waals surface area contributed by atoms with Crippen molar-refractivity contribution >= 4 is 21.8 Å². The van der Waals surface area contributed by atoms with Crippen molar-refractivity contribution in [3.8, 4) is 0 Å². The molecule has 2 amide bonds. The standard InChI is InChI=1S/C20H30N4O5S/c1-14-19(15(2)29-21-14)30(27,28)23-9-5-8-22(10-11-23)20(26)16-12-18(25)24(13-16)17-6-3-4-7-17/h16-17H,3-13H2,1-2H3/t16-/m1/s1. The smallest absolute Gasteiger partial charge is 0.248 e. The molecule has 0 bridgehead atoms. The predicted molar refractivity (Wildman–Crippen MR) is 108 cm³/mol. The van der Waals surface area contributed by atoms with E-state index < -0.39 is 10.0 Å². The molecule has 166 valence electrons. The minimum absolute atomic E-state index is 0.0274. The highest BCUT2D eigenvalue weighted by Gasteiger charge is 2.41. The molecule has 3 heterocycles. The molecule has 0 aromatic carbocycles. The molecule has 1 aromatic heterocycles. The van der Waals surface area contributed by atoms with Gasteiger partial charge in [0.25, 0.3) is 0 Å². The van der Waals surface area contributed by atoms with E-state index in [2.05, 4.69) is 5.16 Å². The zero-order valence-electron chi connectivity index (χ0n) is 17.7. The van der Waals surface area contributed by atoms with Crippen molar-refractivity contribution in [2.24, 2.45) is 5.92 Å². The lowest BCUT2D eigenvalue weighted by Gasteiger charge is -2.26. The van der Waals surface area contributed by atoms with Crippen LogP contribution in [-0.2, 0) is 19.6 Å². The molecule has 9 nitrogen and oxygen atoms in total. The van der Waals surface area contributed by atoms with Gasteiger partial charge >= 0.3 is 0 Å². The summed E-state index contributed by atoms with van der Waals surface area (Å²) in [6.45, 7) is 5.10. The van der Waals surface area contributed by atoms with Crippen LogP contribution < -0.4 is 0 Å². The minimum Gasteiger partial charge on any atom is -0.360 e. The second-order valence-electron chi connectivity index (χ2n) is 8.62.